The van der Waals surface area contributed by atoms with Gasteiger partial charge in [0, 0.05) is 25.0 Å². The monoisotopic (exact) mass is 290 g/mol. The molecule has 0 aromatic carbocycles. The van der Waals surface area contributed by atoms with Gasteiger partial charge >= 0.3 is 0 Å². The topological polar surface area (TPSA) is 50.2 Å². The first-order chi connectivity index (χ1) is 10.3. The van der Waals surface area contributed by atoms with Gasteiger partial charge in [-0.15, -0.1) is 0 Å². The van der Waals surface area contributed by atoms with Crippen LogP contribution in [0.3, 0.4) is 0 Å². The van der Waals surface area contributed by atoms with E-state index in [-0.39, 0.29) is 5.91 Å². The highest BCUT2D eigenvalue weighted by Crippen LogP contribution is 2.19. The standard InChI is InChI=1S/C16H26N4O/c21-16(18-15-4-1-2-5-15)13-19-10-6-14(7-11-19)12-20-9-3-8-17-20/h3,8-9,14-15H,1-2,4-7,10-13H2,(H,18,21). The number of hydrogen-bond acceptors (Lipinski definition) is 3. The van der Waals surface area contributed by atoms with Crippen molar-refractivity contribution in [3.8, 4) is 0 Å². The number of nitrogens with zero attached hydrogens (tertiary/aromatic N) is 3. The summed E-state index contributed by atoms with van der Waals surface area (Å²) < 4.78 is 2.02. The van der Waals surface area contributed by atoms with Gasteiger partial charge in [-0.1, -0.05) is 12.8 Å². The Hall–Kier alpha value is -1.36. The molecule has 1 aliphatic carbocycles. The molecule has 1 saturated carbocycles. The van der Waals surface area contributed by atoms with Crippen LogP contribution in [0.2, 0.25) is 0 Å². The van der Waals surface area contributed by atoms with Crippen molar-refractivity contribution in [1.82, 2.24) is 20.0 Å². The van der Waals surface area contributed by atoms with E-state index in [9.17, 15) is 4.79 Å². The summed E-state index contributed by atoms with van der Waals surface area (Å²) in [5.74, 6) is 0.909. The fourth-order valence-electron chi connectivity index (χ4n) is 3.55. The number of likely N-dealkylation sites (tertiary alicyclic amines) is 1. The van der Waals surface area contributed by atoms with Crippen LogP contribution in [-0.4, -0.2) is 46.3 Å². The molecule has 0 radical (unpaired) electrons. The molecule has 3 rings (SSSR count). The second kappa shape index (κ2) is 7.07. The molecule has 2 fully saturated rings. The van der Waals surface area contributed by atoms with Gasteiger partial charge in [-0.25, -0.2) is 0 Å². The minimum atomic E-state index is 0.215. The summed E-state index contributed by atoms with van der Waals surface area (Å²) in [6.07, 6.45) is 11.1. The molecule has 116 valence electrons. The number of rotatable bonds is 5. The number of aromatic nitrogens is 2. The largest absolute Gasteiger partial charge is 0.352 e. The Balaban J connectivity index is 1.36. The highest BCUT2D eigenvalue weighted by Gasteiger charge is 2.23. The summed E-state index contributed by atoms with van der Waals surface area (Å²) in [4.78, 5) is 14.3. The van der Waals surface area contributed by atoms with Crippen LogP contribution in [0.15, 0.2) is 18.5 Å². The molecule has 1 amide bonds. The van der Waals surface area contributed by atoms with E-state index >= 15 is 0 Å². The Kier molecular flexibility index (Phi) is 4.91. The predicted octanol–water partition coefficient (Wildman–Crippen LogP) is 1.65. The van der Waals surface area contributed by atoms with E-state index in [1.807, 2.05) is 23.1 Å². The summed E-state index contributed by atoms with van der Waals surface area (Å²) >= 11 is 0. The zero-order valence-corrected chi connectivity index (χ0v) is 12.7. The van der Waals surface area contributed by atoms with E-state index in [1.165, 1.54) is 12.8 Å². The lowest BCUT2D eigenvalue weighted by molar-refractivity contribution is -0.123. The maximum atomic E-state index is 12.0. The van der Waals surface area contributed by atoms with Crippen LogP contribution in [0.5, 0.6) is 0 Å². The van der Waals surface area contributed by atoms with Gasteiger partial charge in [-0.3, -0.25) is 14.4 Å². The summed E-state index contributed by atoms with van der Waals surface area (Å²) in [6.45, 7) is 3.65. The maximum absolute atomic E-state index is 12.0. The first-order valence-electron chi connectivity index (χ1n) is 8.29. The summed E-state index contributed by atoms with van der Waals surface area (Å²) in [6, 6.07) is 2.41. The summed E-state index contributed by atoms with van der Waals surface area (Å²) in [7, 11) is 0. The van der Waals surface area contributed by atoms with Crippen LogP contribution in [0.25, 0.3) is 0 Å². The molecule has 0 spiro atoms. The molecule has 5 heteroatoms. The van der Waals surface area contributed by atoms with Crippen molar-refractivity contribution in [3.63, 3.8) is 0 Å². The van der Waals surface area contributed by atoms with Gasteiger partial charge in [0.15, 0.2) is 0 Å². The number of amides is 1. The third-order valence-corrected chi connectivity index (χ3v) is 4.80. The fraction of sp³-hybridized carbons (Fsp3) is 0.750. The van der Waals surface area contributed by atoms with E-state index in [0.29, 0.717) is 18.5 Å². The Morgan fingerprint density at radius 3 is 2.62 bits per heavy atom. The summed E-state index contributed by atoms with van der Waals surface area (Å²) in [5.41, 5.74) is 0. The molecule has 1 N–H and O–H groups in total. The molecule has 1 saturated heterocycles. The molecule has 0 bridgehead atoms. The van der Waals surface area contributed by atoms with E-state index < -0.39 is 0 Å². The molecule has 0 atom stereocenters. The fourth-order valence-corrected chi connectivity index (χ4v) is 3.55. The normalized spacial score (nSPS) is 21.7. The molecule has 1 aromatic rings. The second-order valence-corrected chi connectivity index (χ2v) is 6.50. The van der Waals surface area contributed by atoms with Crippen LogP contribution < -0.4 is 5.32 Å². The van der Waals surface area contributed by atoms with Gasteiger partial charge in [0.1, 0.15) is 0 Å². The van der Waals surface area contributed by atoms with Gasteiger partial charge < -0.3 is 5.32 Å². The molecule has 2 heterocycles. The van der Waals surface area contributed by atoms with Gasteiger partial charge in [0.2, 0.25) is 5.91 Å². The van der Waals surface area contributed by atoms with E-state index in [2.05, 4.69) is 15.3 Å². The van der Waals surface area contributed by atoms with Gasteiger partial charge in [0.25, 0.3) is 0 Å². The number of carbonyl (C=O) groups excluding carboxylic acids is 1. The van der Waals surface area contributed by atoms with Crippen molar-refractivity contribution in [2.24, 2.45) is 5.92 Å². The van der Waals surface area contributed by atoms with Crippen molar-refractivity contribution in [2.75, 3.05) is 19.6 Å². The third-order valence-electron chi connectivity index (χ3n) is 4.80. The molecule has 21 heavy (non-hydrogen) atoms. The van der Waals surface area contributed by atoms with E-state index in [0.717, 1.165) is 45.3 Å². The number of hydrogen-bond donors (Lipinski definition) is 1. The molecule has 5 nitrogen and oxygen atoms in total. The van der Waals surface area contributed by atoms with Crippen molar-refractivity contribution >= 4 is 5.91 Å². The zero-order valence-electron chi connectivity index (χ0n) is 12.7. The molecule has 0 unspecified atom stereocenters. The SMILES string of the molecule is O=C(CN1CCC(Cn2cccn2)CC1)NC1CCCC1. The zero-order chi connectivity index (χ0) is 14.5. The molecular weight excluding hydrogens is 264 g/mol. The lowest BCUT2D eigenvalue weighted by Gasteiger charge is -2.31. The highest BCUT2D eigenvalue weighted by molar-refractivity contribution is 5.78. The van der Waals surface area contributed by atoms with Crippen LogP contribution in [-0.2, 0) is 11.3 Å². The smallest absolute Gasteiger partial charge is 0.234 e. The first kappa shape index (κ1) is 14.6. The van der Waals surface area contributed by atoms with Gasteiger partial charge in [-0.05, 0) is 50.8 Å². The Morgan fingerprint density at radius 2 is 1.95 bits per heavy atom. The average molecular weight is 290 g/mol. The van der Waals surface area contributed by atoms with E-state index in [4.69, 9.17) is 0 Å². The van der Waals surface area contributed by atoms with E-state index in [1.54, 1.807) is 0 Å². The van der Waals surface area contributed by atoms with Crippen molar-refractivity contribution < 1.29 is 4.79 Å². The highest BCUT2D eigenvalue weighted by atomic mass is 16.2. The minimum absolute atomic E-state index is 0.215. The predicted molar refractivity (Wildman–Crippen MR) is 81.8 cm³/mol. The second-order valence-electron chi connectivity index (χ2n) is 6.50. The van der Waals surface area contributed by atoms with Crippen molar-refractivity contribution in [3.05, 3.63) is 18.5 Å². The van der Waals surface area contributed by atoms with Crippen molar-refractivity contribution in [2.45, 2.75) is 51.1 Å². The lowest BCUT2D eigenvalue weighted by atomic mass is 9.97. The molecule has 1 aromatic heterocycles. The Labute approximate surface area is 126 Å². The Morgan fingerprint density at radius 1 is 1.19 bits per heavy atom. The van der Waals surface area contributed by atoms with Crippen molar-refractivity contribution in [1.29, 1.82) is 0 Å². The lowest BCUT2D eigenvalue weighted by Crippen LogP contribution is -2.44. The van der Waals surface area contributed by atoms with Gasteiger partial charge in [0.05, 0.1) is 6.54 Å². The Bertz CT molecular complexity index is 431. The van der Waals surface area contributed by atoms with Crippen LogP contribution in [0.4, 0.5) is 0 Å². The third kappa shape index (κ3) is 4.30. The minimum Gasteiger partial charge on any atom is -0.352 e. The summed E-state index contributed by atoms with van der Waals surface area (Å²) in [5, 5.41) is 7.45. The van der Waals surface area contributed by atoms with Crippen LogP contribution >= 0.6 is 0 Å². The van der Waals surface area contributed by atoms with Crippen LogP contribution in [0.1, 0.15) is 38.5 Å². The van der Waals surface area contributed by atoms with Crippen LogP contribution in [0, 0.1) is 5.92 Å². The number of piperidine rings is 1. The molecule has 2 aliphatic rings. The average Bonchev–Trinajstić information content (AvgIpc) is 3.14. The number of nitrogens with one attached hydrogen (secondary N) is 1. The quantitative estimate of drug-likeness (QED) is 0.897. The molecular formula is C16H26N4O. The maximum Gasteiger partial charge on any atom is 0.234 e. The van der Waals surface area contributed by atoms with Gasteiger partial charge in [-0.2, -0.15) is 5.10 Å². The first-order valence-corrected chi connectivity index (χ1v) is 8.29. The molecule has 1 aliphatic heterocycles. The number of carbonyl (C=O) groups is 1.